The normalized spacial score (nSPS) is 28.3. The first-order valence-corrected chi connectivity index (χ1v) is 6.61. The summed E-state index contributed by atoms with van der Waals surface area (Å²) >= 11 is 0. The van der Waals surface area contributed by atoms with E-state index in [2.05, 4.69) is 23.2 Å². The van der Waals surface area contributed by atoms with Gasteiger partial charge in [-0.25, -0.2) is 0 Å². The van der Waals surface area contributed by atoms with Crippen LogP contribution in [0.25, 0.3) is 0 Å². The summed E-state index contributed by atoms with van der Waals surface area (Å²) in [5.74, 6) is -0.306. The van der Waals surface area contributed by atoms with Gasteiger partial charge in [0.15, 0.2) is 0 Å². The van der Waals surface area contributed by atoms with Crippen LogP contribution in [-0.4, -0.2) is 42.0 Å². The SMILES string of the molecule is CCNC(C)(C#N)CN1CC(C(N)=O)CCC1C. The third-order valence-corrected chi connectivity index (χ3v) is 3.75. The highest BCUT2D eigenvalue weighted by Crippen LogP contribution is 2.23. The Hall–Kier alpha value is -1.12. The molecule has 0 aromatic carbocycles. The van der Waals surface area contributed by atoms with E-state index in [0.29, 0.717) is 19.1 Å². The van der Waals surface area contributed by atoms with Gasteiger partial charge in [0.1, 0.15) is 5.54 Å². The molecule has 3 atom stereocenters. The lowest BCUT2D eigenvalue weighted by Crippen LogP contribution is -2.55. The van der Waals surface area contributed by atoms with Crippen LogP contribution in [0.4, 0.5) is 0 Å². The van der Waals surface area contributed by atoms with Crippen LogP contribution in [0.2, 0.25) is 0 Å². The maximum absolute atomic E-state index is 11.3. The van der Waals surface area contributed by atoms with E-state index in [9.17, 15) is 10.1 Å². The maximum atomic E-state index is 11.3. The monoisotopic (exact) mass is 252 g/mol. The fraction of sp³-hybridized carbons (Fsp3) is 0.846. The van der Waals surface area contributed by atoms with Crippen LogP contribution >= 0.6 is 0 Å². The fourth-order valence-electron chi connectivity index (χ4n) is 2.56. The topological polar surface area (TPSA) is 82.2 Å². The first-order chi connectivity index (χ1) is 8.41. The van der Waals surface area contributed by atoms with Gasteiger partial charge in [0.2, 0.25) is 5.91 Å². The van der Waals surface area contributed by atoms with Crippen molar-refractivity contribution in [3.05, 3.63) is 0 Å². The van der Waals surface area contributed by atoms with Crippen LogP contribution in [0, 0.1) is 17.2 Å². The highest BCUT2D eigenvalue weighted by Gasteiger charge is 2.33. The lowest BCUT2D eigenvalue weighted by atomic mass is 9.91. The molecule has 18 heavy (non-hydrogen) atoms. The molecule has 0 spiro atoms. The second kappa shape index (κ2) is 6.17. The molecule has 1 heterocycles. The molecule has 1 amide bonds. The second-order valence-electron chi connectivity index (χ2n) is 5.43. The van der Waals surface area contributed by atoms with Crippen molar-refractivity contribution < 1.29 is 4.79 Å². The first-order valence-electron chi connectivity index (χ1n) is 6.61. The molecule has 0 saturated carbocycles. The molecule has 5 heteroatoms. The molecule has 1 fully saturated rings. The molecule has 1 aliphatic heterocycles. The smallest absolute Gasteiger partial charge is 0.221 e. The number of nitrogens with two attached hydrogens (primary N) is 1. The van der Waals surface area contributed by atoms with E-state index >= 15 is 0 Å². The van der Waals surface area contributed by atoms with Crippen LogP contribution in [0.3, 0.4) is 0 Å². The molecule has 102 valence electrons. The Morgan fingerprint density at radius 2 is 2.28 bits per heavy atom. The number of nitrogens with zero attached hydrogens (tertiary/aromatic N) is 2. The number of primary amides is 1. The molecule has 0 aromatic heterocycles. The van der Waals surface area contributed by atoms with E-state index in [1.807, 2.05) is 13.8 Å². The van der Waals surface area contributed by atoms with Crippen molar-refractivity contribution in [1.29, 1.82) is 5.26 Å². The van der Waals surface area contributed by atoms with Gasteiger partial charge in [-0.05, 0) is 33.2 Å². The third-order valence-electron chi connectivity index (χ3n) is 3.75. The van der Waals surface area contributed by atoms with Gasteiger partial charge in [0.25, 0.3) is 0 Å². The maximum Gasteiger partial charge on any atom is 0.221 e. The number of hydrogen-bond acceptors (Lipinski definition) is 4. The summed E-state index contributed by atoms with van der Waals surface area (Å²) in [6, 6.07) is 2.72. The Bertz CT molecular complexity index is 338. The Labute approximate surface area is 109 Å². The number of carbonyl (C=O) groups is 1. The van der Waals surface area contributed by atoms with Gasteiger partial charge in [0, 0.05) is 19.1 Å². The predicted molar refractivity (Wildman–Crippen MR) is 70.6 cm³/mol. The molecule has 5 nitrogen and oxygen atoms in total. The summed E-state index contributed by atoms with van der Waals surface area (Å²) in [6.45, 7) is 8.08. The largest absolute Gasteiger partial charge is 0.369 e. The van der Waals surface area contributed by atoms with Gasteiger partial charge < -0.3 is 5.73 Å². The van der Waals surface area contributed by atoms with Crippen molar-refractivity contribution in [2.24, 2.45) is 11.7 Å². The minimum absolute atomic E-state index is 0.0780. The number of carbonyl (C=O) groups excluding carboxylic acids is 1. The summed E-state index contributed by atoms with van der Waals surface area (Å²) < 4.78 is 0. The number of hydrogen-bond donors (Lipinski definition) is 2. The molecule has 0 aromatic rings. The molecule has 1 saturated heterocycles. The standard InChI is InChI=1S/C13H24N4O/c1-4-16-13(3,8-14)9-17-7-11(12(15)18)6-5-10(17)2/h10-11,16H,4-7,9H2,1-3H3,(H2,15,18). The van der Waals surface area contributed by atoms with E-state index in [1.165, 1.54) is 0 Å². The minimum Gasteiger partial charge on any atom is -0.369 e. The zero-order valence-electron chi connectivity index (χ0n) is 11.6. The lowest BCUT2D eigenvalue weighted by Gasteiger charge is -2.40. The Balaban J connectivity index is 2.68. The highest BCUT2D eigenvalue weighted by molar-refractivity contribution is 5.76. The molecule has 0 radical (unpaired) electrons. The van der Waals surface area contributed by atoms with Crippen LogP contribution in [0.15, 0.2) is 0 Å². The van der Waals surface area contributed by atoms with Crippen molar-refractivity contribution in [1.82, 2.24) is 10.2 Å². The fourth-order valence-corrected chi connectivity index (χ4v) is 2.56. The minimum atomic E-state index is -0.567. The van der Waals surface area contributed by atoms with Gasteiger partial charge in [-0.1, -0.05) is 6.92 Å². The first kappa shape index (κ1) is 14.9. The van der Waals surface area contributed by atoms with Gasteiger partial charge in [-0.15, -0.1) is 0 Å². The number of rotatable bonds is 5. The summed E-state index contributed by atoms with van der Waals surface area (Å²) in [7, 11) is 0. The van der Waals surface area contributed by atoms with E-state index in [4.69, 9.17) is 5.73 Å². The summed E-state index contributed by atoms with van der Waals surface area (Å²) in [5.41, 5.74) is 4.82. The average molecular weight is 252 g/mol. The molecule has 1 rings (SSSR count). The zero-order chi connectivity index (χ0) is 13.8. The molecule has 3 unspecified atom stereocenters. The zero-order valence-corrected chi connectivity index (χ0v) is 11.6. The molecule has 0 aliphatic carbocycles. The van der Waals surface area contributed by atoms with Gasteiger partial charge in [0.05, 0.1) is 12.0 Å². The van der Waals surface area contributed by atoms with Crippen LogP contribution in [0.5, 0.6) is 0 Å². The lowest BCUT2D eigenvalue weighted by molar-refractivity contribution is -0.124. The highest BCUT2D eigenvalue weighted by atomic mass is 16.1. The number of piperidine rings is 1. The predicted octanol–water partition coefficient (Wildman–Crippen LogP) is 0.464. The van der Waals surface area contributed by atoms with Crippen molar-refractivity contribution in [2.75, 3.05) is 19.6 Å². The summed E-state index contributed by atoms with van der Waals surface area (Å²) in [5, 5.41) is 12.5. The number of nitriles is 1. The number of likely N-dealkylation sites (N-methyl/N-ethyl adjacent to an activating group) is 1. The van der Waals surface area contributed by atoms with Gasteiger partial charge in [-0.2, -0.15) is 5.26 Å². The van der Waals surface area contributed by atoms with Crippen molar-refractivity contribution >= 4 is 5.91 Å². The van der Waals surface area contributed by atoms with Crippen LogP contribution in [0.1, 0.15) is 33.6 Å². The van der Waals surface area contributed by atoms with Crippen molar-refractivity contribution in [3.8, 4) is 6.07 Å². The van der Waals surface area contributed by atoms with Crippen LogP contribution < -0.4 is 11.1 Å². The Morgan fingerprint density at radius 1 is 1.61 bits per heavy atom. The molecular weight excluding hydrogens is 228 g/mol. The summed E-state index contributed by atoms with van der Waals surface area (Å²) in [4.78, 5) is 13.5. The number of nitrogens with one attached hydrogen (secondary N) is 1. The van der Waals surface area contributed by atoms with Crippen molar-refractivity contribution in [3.63, 3.8) is 0 Å². The molecule has 1 aliphatic rings. The second-order valence-corrected chi connectivity index (χ2v) is 5.43. The molecular formula is C13H24N4O. The van der Waals surface area contributed by atoms with E-state index < -0.39 is 5.54 Å². The van der Waals surface area contributed by atoms with E-state index in [0.717, 1.165) is 19.4 Å². The average Bonchev–Trinajstić information content (AvgIpc) is 2.32. The molecule has 3 N–H and O–H groups in total. The third kappa shape index (κ3) is 3.69. The summed E-state index contributed by atoms with van der Waals surface area (Å²) in [6.07, 6.45) is 1.82. The Kier molecular flexibility index (Phi) is 5.12. The van der Waals surface area contributed by atoms with Gasteiger partial charge in [-0.3, -0.25) is 15.0 Å². The molecule has 0 bridgehead atoms. The number of likely N-dealkylation sites (tertiary alicyclic amines) is 1. The number of amides is 1. The van der Waals surface area contributed by atoms with E-state index in [-0.39, 0.29) is 11.8 Å². The van der Waals surface area contributed by atoms with E-state index in [1.54, 1.807) is 0 Å². The van der Waals surface area contributed by atoms with Crippen LogP contribution in [-0.2, 0) is 4.79 Å². The Morgan fingerprint density at radius 3 is 2.78 bits per heavy atom. The van der Waals surface area contributed by atoms with Gasteiger partial charge >= 0.3 is 0 Å². The quantitative estimate of drug-likeness (QED) is 0.745. The van der Waals surface area contributed by atoms with Crippen molar-refractivity contribution in [2.45, 2.75) is 45.2 Å².